The Morgan fingerprint density at radius 1 is 0.231 bits per heavy atom. The topological polar surface area (TPSA) is 38.7 Å². The smallest absolute Gasteiger partial charge is 0.164 e. The van der Waals surface area contributed by atoms with Gasteiger partial charge in [0.2, 0.25) is 0 Å². The second-order valence-electron chi connectivity index (χ2n) is 13.2. The molecule has 0 amide bonds. The second kappa shape index (κ2) is 12.4. The molecule has 3 heteroatoms. The van der Waals surface area contributed by atoms with Crippen LogP contribution in [0.25, 0.3) is 99.5 Å². The third-order valence-corrected chi connectivity index (χ3v) is 10.1. The van der Waals surface area contributed by atoms with Gasteiger partial charge in [-0.1, -0.05) is 176 Å². The van der Waals surface area contributed by atoms with E-state index in [1.54, 1.807) is 0 Å². The second-order valence-corrected chi connectivity index (χ2v) is 13.2. The van der Waals surface area contributed by atoms with Crippen molar-refractivity contribution in [1.29, 1.82) is 0 Å². The molecule has 0 spiro atoms. The van der Waals surface area contributed by atoms with E-state index in [2.05, 4.69) is 182 Å². The number of nitrogens with zero attached hydrogens (tertiary/aromatic N) is 3. The van der Waals surface area contributed by atoms with Gasteiger partial charge in [0, 0.05) is 16.7 Å². The number of benzene rings is 9. The fourth-order valence-electron chi connectivity index (χ4n) is 7.52. The molecular formula is C49H31N3. The van der Waals surface area contributed by atoms with Gasteiger partial charge >= 0.3 is 0 Å². The van der Waals surface area contributed by atoms with E-state index < -0.39 is 0 Å². The van der Waals surface area contributed by atoms with Gasteiger partial charge in [0.25, 0.3) is 0 Å². The molecular weight excluding hydrogens is 631 g/mol. The zero-order chi connectivity index (χ0) is 34.4. The van der Waals surface area contributed by atoms with Crippen molar-refractivity contribution in [3.8, 4) is 56.4 Å². The summed E-state index contributed by atoms with van der Waals surface area (Å²) in [7, 11) is 0. The van der Waals surface area contributed by atoms with Crippen LogP contribution < -0.4 is 0 Å². The molecule has 0 saturated heterocycles. The van der Waals surface area contributed by atoms with Gasteiger partial charge < -0.3 is 0 Å². The Bertz CT molecular complexity index is 2950. The zero-order valence-electron chi connectivity index (χ0n) is 28.2. The van der Waals surface area contributed by atoms with Crippen LogP contribution in [0.4, 0.5) is 0 Å². The van der Waals surface area contributed by atoms with Crippen LogP contribution in [0.1, 0.15) is 0 Å². The Labute approximate surface area is 301 Å². The molecule has 0 unspecified atom stereocenters. The normalized spacial score (nSPS) is 11.5. The van der Waals surface area contributed by atoms with Crippen molar-refractivity contribution >= 4 is 43.1 Å². The molecule has 9 aromatic carbocycles. The van der Waals surface area contributed by atoms with E-state index in [4.69, 9.17) is 15.0 Å². The van der Waals surface area contributed by atoms with Crippen molar-refractivity contribution in [3.63, 3.8) is 0 Å². The molecule has 0 radical (unpaired) electrons. The maximum absolute atomic E-state index is 5.33. The van der Waals surface area contributed by atoms with Crippen LogP contribution in [-0.2, 0) is 0 Å². The Hall–Kier alpha value is -6.97. The fourth-order valence-corrected chi connectivity index (χ4v) is 7.52. The summed E-state index contributed by atoms with van der Waals surface area (Å²) in [6.07, 6.45) is 0. The minimum absolute atomic E-state index is 0.634. The van der Waals surface area contributed by atoms with Crippen molar-refractivity contribution in [3.05, 3.63) is 188 Å². The molecule has 3 nitrogen and oxygen atoms in total. The predicted octanol–water partition coefficient (Wildman–Crippen LogP) is 12.8. The molecule has 10 aromatic rings. The lowest BCUT2D eigenvalue weighted by molar-refractivity contribution is 1.08. The van der Waals surface area contributed by atoms with Crippen molar-refractivity contribution in [1.82, 2.24) is 15.0 Å². The molecule has 10 rings (SSSR count). The maximum Gasteiger partial charge on any atom is 0.164 e. The van der Waals surface area contributed by atoms with Gasteiger partial charge in [-0.25, -0.2) is 15.0 Å². The molecule has 0 bridgehead atoms. The number of hydrogen-bond donors (Lipinski definition) is 0. The first-order valence-electron chi connectivity index (χ1n) is 17.6. The Balaban J connectivity index is 1.22. The molecule has 0 aliphatic rings. The first kappa shape index (κ1) is 29.9. The van der Waals surface area contributed by atoms with Crippen molar-refractivity contribution in [2.75, 3.05) is 0 Å². The van der Waals surface area contributed by atoms with E-state index in [9.17, 15) is 0 Å². The number of aromatic nitrogens is 3. The van der Waals surface area contributed by atoms with Crippen LogP contribution in [-0.4, -0.2) is 15.0 Å². The van der Waals surface area contributed by atoms with Crippen LogP contribution in [0.3, 0.4) is 0 Å². The van der Waals surface area contributed by atoms with E-state index in [1.165, 1.54) is 43.3 Å². The van der Waals surface area contributed by atoms with Crippen molar-refractivity contribution in [2.24, 2.45) is 0 Å². The van der Waals surface area contributed by atoms with Gasteiger partial charge in [-0.15, -0.1) is 0 Å². The third kappa shape index (κ3) is 5.19. The summed E-state index contributed by atoms with van der Waals surface area (Å²) >= 11 is 0. The lowest BCUT2D eigenvalue weighted by Crippen LogP contribution is -2.01. The first-order valence-corrected chi connectivity index (χ1v) is 17.6. The molecule has 1 heterocycles. The molecule has 0 aliphatic carbocycles. The van der Waals surface area contributed by atoms with E-state index in [1.807, 2.05) is 6.07 Å². The minimum Gasteiger partial charge on any atom is -0.208 e. The summed E-state index contributed by atoms with van der Waals surface area (Å²) < 4.78 is 0. The van der Waals surface area contributed by atoms with E-state index in [0.717, 1.165) is 38.8 Å². The first-order chi connectivity index (χ1) is 25.8. The number of rotatable bonds is 5. The molecule has 0 aliphatic heterocycles. The Morgan fingerprint density at radius 3 is 1.56 bits per heavy atom. The molecule has 52 heavy (non-hydrogen) atoms. The average molecular weight is 662 g/mol. The van der Waals surface area contributed by atoms with Gasteiger partial charge in [0.05, 0.1) is 0 Å². The molecule has 0 atom stereocenters. The molecule has 1 aromatic heterocycles. The van der Waals surface area contributed by atoms with Crippen LogP contribution >= 0.6 is 0 Å². The quantitative estimate of drug-likeness (QED) is 0.172. The van der Waals surface area contributed by atoms with E-state index in [-0.39, 0.29) is 0 Å². The van der Waals surface area contributed by atoms with Gasteiger partial charge in [-0.05, 0) is 77.5 Å². The monoisotopic (exact) mass is 661 g/mol. The van der Waals surface area contributed by atoms with Gasteiger partial charge in [-0.3, -0.25) is 0 Å². The highest BCUT2D eigenvalue weighted by Gasteiger charge is 2.19. The van der Waals surface area contributed by atoms with E-state index in [0.29, 0.717) is 17.5 Å². The minimum atomic E-state index is 0.634. The fraction of sp³-hybridized carbons (Fsp3) is 0. The third-order valence-electron chi connectivity index (χ3n) is 10.1. The SMILES string of the molecule is c1ccc(-c2ccc(-c3nc(-c4ccccc4-c4ccc5ccccc5c4)nc(-c4cc5c6ccccc6ccc5c5ccccc45)n3)cc2)cc1. The number of hydrogen-bond acceptors (Lipinski definition) is 3. The summed E-state index contributed by atoms with van der Waals surface area (Å²) in [5, 5.41) is 9.49. The number of fused-ring (bicyclic) bond motifs is 6. The molecule has 0 saturated carbocycles. The lowest BCUT2D eigenvalue weighted by Gasteiger charge is -2.15. The van der Waals surface area contributed by atoms with Crippen LogP contribution in [0, 0.1) is 0 Å². The highest BCUT2D eigenvalue weighted by atomic mass is 15.0. The molecule has 0 fully saturated rings. The highest BCUT2D eigenvalue weighted by Crippen LogP contribution is 2.39. The predicted molar refractivity (Wildman–Crippen MR) is 217 cm³/mol. The lowest BCUT2D eigenvalue weighted by atomic mass is 9.93. The van der Waals surface area contributed by atoms with Crippen molar-refractivity contribution in [2.45, 2.75) is 0 Å². The van der Waals surface area contributed by atoms with Crippen molar-refractivity contribution < 1.29 is 0 Å². The standard InChI is InChI=1S/C49H31N3/c1-2-12-32(13-3-1)34-22-25-36(26-23-34)47-50-48(44-21-11-8-18-40(44)38-27-24-33-14-4-5-16-37(33)30-38)52-49(51-47)46-31-45-39-17-7-6-15-35(39)28-29-43(45)41-19-9-10-20-42(41)46/h1-31H. The van der Waals surface area contributed by atoms with E-state index >= 15 is 0 Å². The van der Waals surface area contributed by atoms with Gasteiger partial charge in [0.15, 0.2) is 17.5 Å². The molecule has 242 valence electrons. The van der Waals surface area contributed by atoms with Gasteiger partial charge in [0.1, 0.15) is 0 Å². The van der Waals surface area contributed by atoms with Gasteiger partial charge in [-0.2, -0.15) is 0 Å². The summed E-state index contributed by atoms with van der Waals surface area (Å²) in [5.41, 5.74) is 7.38. The van der Waals surface area contributed by atoms with Crippen LogP contribution in [0.15, 0.2) is 188 Å². The van der Waals surface area contributed by atoms with Crippen LogP contribution in [0.5, 0.6) is 0 Å². The summed E-state index contributed by atoms with van der Waals surface area (Å²) in [6.45, 7) is 0. The summed E-state index contributed by atoms with van der Waals surface area (Å²) in [4.78, 5) is 15.8. The summed E-state index contributed by atoms with van der Waals surface area (Å²) in [5.74, 6) is 1.92. The average Bonchev–Trinajstić information content (AvgIpc) is 3.23. The van der Waals surface area contributed by atoms with Crippen LogP contribution in [0.2, 0.25) is 0 Å². The highest BCUT2D eigenvalue weighted by molar-refractivity contribution is 6.20. The summed E-state index contributed by atoms with van der Waals surface area (Å²) in [6, 6.07) is 66.4. The largest absolute Gasteiger partial charge is 0.208 e. The zero-order valence-corrected chi connectivity index (χ0v) is 28.2. The Morgan fingerprint density at radius 2 is 0.750 bits per heavy atom. The molecule has 0 N–H and O–H groups in total. The Kier molecular flexibility index (Phi) is 7.14. The maximum atomic E-state index is 5.33.